The van der Waals surface area contributed by atoms with E-state index in [2.05, 4.69) is 47.6 Å². The summed E-state index contributed by atoms with van der Waals surface area (Å²) >= 11 is 1.90. The molecular formula is C68H40F12N2O2S2. The van der Waals surface area contributed by atoms with E-state index in [9.17, 15) is 52.7 Å². The molecule has 0 unspecified atom stereocenters. The molecule has 2 aliphatic carbocycles. The fourth-order valence-electron chi connectivity index (χ4n) is 13.0. The number of thiophene rings is 2. The van der Waals surface area contributed by atoms with Gasteiger partial charge in [-0.05, 0) is 142 Å². The molecule has 0 amide bonds. The molecule has 0 fully saturated rings. The van der Waals surface area contributed by atoms with Crippen molar-refractivity contribution in [2.45, 2.75) is 49.8 Å². The van der Waals surface area contributed by atoms with Gasteiger partial charge in [0, 0.05) is 59.1 Å². The van der Waals surface area contributed by atoms with Gasteiger partial charge in [-0.15, -0.1) is 49.0 Å². The zero-order valence-corrected chi connectivity index (χ0v) is 46.3. The van der Waals surface area contributed by atoms with Crippen molar-refractivity contribution in [2.75, 3.05) is 9.80 Å². The molecular weight excluding hydrogens is 1170 g/mol. The monoisotopic (exact) mass is 1210 g/mol. The van der Waals surface area contributed by atoms with Crippen LogP contribution in [0.3, 0.4) is 0 Å². The summed E-state index contributed by atoms with van der Waals surface area (Å²) in [4.78, 5) is 3.61. The number of fused-ring (bicyclic) bond motifs is 15. The van der Waals surface area contributed by atoms with Gasteiger partial charge >= 0.3 is 25.1 Å². The van der Waals surface area contributed by atoms with Crippen LogP contribution in [0.5, 0.6) is 11.5 Å². The fourth-order valence-corrected chi connectivity index (χ4v) is 15.7. The van der Waals surface area contributed by atoms with Crippen LogP contribution in [0.4, 0.5) is 86.8 Å². The van der Waals surface area contributed by atoms with Crippen molar-refractivity contribution < 1.29 is 62.2 Å². The van der Waals surface area contributed by atoms with Crippen molar-refractivity contribution in [3.63, 3.8) is 0 Å². The standard InChI is InChI=1S/C68H40F12N2O2S2/c1-63(2)49-15-3-5-17-51(49)64(52-18-6-4-16-50(52)63)55-35-39(81(37-23-29-41(30-24-37)83-67(75,76)77)57-21-9-13-47-45-11-7-19-53(65(69,70)71)59(45)85-61(47)57)27-33-43(55)44-34-28-40(36-56(44)64)82(38-25-31-42(32-26-38)84-68(78,79)80)58-22-10-14-48-46-12-8-20-54(66(72,73)74)60(46)86-62(48)58/h3-36H,1-2H3. The summed E-state index contributed by atoms with van der Waals surface area (Å²) < 4.78 is 180. The first-order valence-electron chi connectivity index (χ1n) is 26.7. The molecule has 1 spiro atoms. The largest absolute Gasteiger partial charge is 0.573 e. The summed E-state index contributed by atoms with van der Waals surface area (Å²) in [6.07, 6.45) is -19.4. The molecule has 0 saturated heterocycles. The quantitative estimate of drug-likeness (QED) is 0.142. The van der Waals surface area contributed by atoms with Crippen LogP contribution in [0.25, 0.3) is 51.5 Å². The fraction of sp³-hybridized carbons (Fsp3) is 0.118. The van der Waals surface area contributed by atoms with E-state index in [-0.39, 0.29) is 9.40 Å². The smallest absolute Gasteiger partial charge is 0.406 e. The lowest BCUT2D eigenvalue weighted by Crippen LogP contribution is -2.40. The Balaban J connectivity index is 1.04. The van der Waals surface area contributed by atoms with E-state index in [0.29, 0.717) is 65.1 Å². The molecule has 0 radical (unpaired) electrons. The third-order valence-electron chi connectivity index (χ3n) is 16.4. The maximum absolute atomic E-state index is 14.7. The minimum absolute atomic E-state index is 0.00259. The third-order valence-corrected chi connectivity index (χ3v) is 18.9. The molecule has 0 saturated carbocycles. The Morgan fingerprint density at radius 2 is 0.674 bits per heavy atom. The zero-order chi connectivity index (χ0) is 60.0. The second-order valence-corrected chi connectivity index (χ2v) is 23.6. The van der Waals surface area contributed by atoms with Crippen LogP contribution in [-0.4, -0.2) is 12.7 Å². The van der Waals surface area contributed by atoms with Crippen LogP contribution < -0.4 is 19.3 Å². The van der Waals surface area contributed by atoms with Gasteiger partial charge in [0.2, 0.25) is 0 Å². The number of benzene rings is 10. The normalized spacial score (nSPS) is 14.3. The maximum Gasteiger partial charge on any atom is 0.573 e. The van der Waals surface area contributed by atoms with Crippen LogP contribution in [0.1, 0.15) is 58.4 Å². The first kappa shape index (κ1) is 54.9. The predicted octanol–water partition coefficient (Wildman–Crippen LogP) is 22.2. The summed E-state index contributed by atoms with van der Waals surface area (Å²) in [5.74, 6) is -0.995. The lowest BCUT2D eigenvalue weighted by molar-refractivity contribution is -0.275. The minimum atomic E-state index is -5.01. The summed E-state index contributed by atoms with van der Waals surface area (Å²) in [5.41, 5.74) is 5.82. The lowest BCUT2D eigenvalue weighted by atomic mass is 9.55. The molecule has 2 aliphatic rings. The number of hydrogen-bond donors (Lipinski definition) is 0. The minimum Gasteiger partial charge on any atom is -0.406 e. The second kappa shape index (κ2) is 19.3. The first-order valence-corrected chi connectivity index (χ1v) is 28.4. The van der Waals surface area contributed by atoms with E-state index >= 15 is 0 Å². The van der Waals surface area contributed by atoms with Gasteiger partial charge in [0.15, 0.2) is 0 Å². The highest BCUT2D eigenvalue weighted by Gasteiger charge is 2.54. The van der Waals surface area contributed by atoms with E-state index in [1.807, 2.05) is 60.7 Å². The van der Waals surface area contributed by atoms with Gasteiger partial charge in [0.25, 0.3) is 0 Å². The Morgan fingerprint density at radius 3 is 1.03 bits per heavy atom. The molecule has 0 N–H and O–H groups in total. The molecule has 4 nitrogen and oxygen atoms in total. The van der Waals surface area contributed by atoms with Crippen molar-refractivity contribution in [3.8, 4) is 22.6 Å². The van der Waals surface area contributed by atoms with E-state index in [1.165, 1.54) is 60.7 Å². The number of anilines is 6. The number of halogens is 12. The Kier molecular flexibility index (Phi) is 12.3. The topological polar surface area (TPSA) is 24.9 Å². The van der Waals surface area contributed by atoms with Crippen LogP contribution in [0.2, 0.25) is 0 Å². The number of nitrogens with zero attached hydrogens (tertiary/aromatic N) is 2. The molecule has 10 aromatic carbocycles. The molecule has 0 aliphatic heterocycles. The van der Waals surface area contributed by atoms with Gasteiger partial charge in [-0.1, -0.05) is 123 Å². The summed E-state index contributed by atoms with van der Waals surface area (Å²) in [7, 11) is 0. The average molecular weight is 1210 g/mol. The van der Waals surface area contributed by atoms with Gasteiger partial charge in [0.1, 0.15) is 11.5 Å². The van der Waals surface area contributed by atoms with E-state index in [4.69, 9.17) is 0 Å². The highest BCUT2D eigenvalue weighted by Crippen LogP contribution is 2.64. The van der Waals surface area contributed by atoms with Crippen molar-refractivity contribution >= 4 is 97.1 Å². The Bertz CT molecular complexity index is 4420. The average Bonchev–Trinajstić information content (AvgIpc) is 1.41. The second-order valence-electron chi connectivity index (χ2n) is 21.6. The Hall–Kier alpha value is -9.00. The van der Waals surface area contributed by atoms with Crippen molar-refractivity contribution in [1.29, 1.82) is 0 Å². The molecule has 0 bridgehead atoms. The lowest BCUT2D eigenvalue weighted by Gasteiger charge is -2.47. The first-order chi connectivity index (χ1) is 40.9. The van der Waals surface area contributed by atoms with Gasteiger partial charge in [-0.3, -0.25) is 0 Å². The van der Waals surface area contributed by atoms with Gasteiger partial charge in [-0.2, -0.15) is 26.3 Å². The SMILES string of the molecule is CC1(C)c2ccccc2C2(c3cc(N(c4ccc(OC(F)(F)F)cc4)c4cccc5c4sc4c(C(F)(F)F)cccc45)ccc3-c3ccc(N(c4ccc(OC(F)(F)F)cc4)c4cccc5c4sc4c(C(F)(F)F)cccc45)cc32)c2ccccc21. The van der Waals surface area contributed by atoms with Gasteiger partial charge < -0.3 is 19.3 Å². The predicted molar refractivity (Wildman–Crippen MR) is 314 cm³/mol. The molecule has 2 aromatic heterocycles. The van der Waals surface area contributed by atoms with Crippen molar-refractivity contribution in [3.05, 3.63) is 251 Å². The number of alkyl halides is 12. The van der Waals surface area contributed by atoms with Gasteiger partial charge in [0.05, 0.1) is 37.3 Å². The van der Waals surface area contributed by atoms with Crippen LogP contribution in [-0.2, 0) is 23.2 Å². The van der Waals surface area contributed by atoms with Crippen molar-refractivity contribution in [1.82, 2.24) is 0 Å². The van der Waals surface area contributed by atoms with Gasteiger partial charge in [-0.25, -0.2) is 0 Å². The molecule has 12 aromatic rings. The molecule has 430 valence electrons. The van der Waals surface area contributed by atoms with Crippen molar-refractivity contribution in [2.24, 2.45) is 0 Å². The van der Waals surface area contributed by atoms with Crippen LogP contribution >= 0.6 is 22.7 Å². The van der Waals surface area contributed by atoms with E-state index in [1.54, 1.807) is 58.3 Å². The Morgan fingerprint density at radius 1 is 0.337 bits per heavy atom. The molecule has 0 atom stereocenters. The van der Waals surface area contributed by atoms with Crippen LogP contribution in [0.15, 0.2) is 206 Å². The third kappa shape index (κ3) is 8.72. The maximum atomic E-state index is 14.7. The highest BCUT2D eigenvalue weighted by atomic mass is 32.1. The van der Waals surface area contributed by atoms with E-state index < -0.39 is 58.5 Å². The van der Waals surface area contributed by atoms with E-state index in [0.717, 1.165) is 79.3 Å². The molecule has 86 heavy (non-hydrogen) atoms. The number of rotatable bonds is 8. The molecule has 2 heterocycles. The molecule has 14 rings (SSSR count). The molecule has 18 heteroatoms. The summed E-state index contributed by atoms with van der Waals surface area (Å²) in [5, 5.41) is 1.76. The zero-order valence-electron chi connectivity index (χ0n) is 44.7. The summed E-state index contributed by atoms with van der Waals surface area (Å²) in [6, 6.07) is 56.5. The number of hydrogen-bond acceptors (Lipinski definition) is 6. The van der Waals surface area contributed by atoms with Crippen LogP contribution in [0, 0.1) is 0 Å². The summed E-state index contributed by atoms with van der Waals surface area (Å²) in [6.45, 7) is 4.27. The Labute approximate surface area is 489 Å². The highest BCUT2D eigenvalue weighted by molar-refractivity contribution is 7.27. The number of ether oxygens (including phenoxy) is 2.